The molecule has 12 nitrogen and oxygen atoms in total. The zero-order chi connectivity index (χ0) is 29.5. The Morgan fingerprint density at radius 2 is 2.05 bits per heavy atom. The Kier molecular flexibility index (Phi) is 7.46. The van der Waals surface area contributed by atoms with E-state index >= 15 is 0 Å². The Bertz CT molecular complexity index is 1560. The van der Waals surface area contributed by atoms with Crippen LogP contribution in [0.25, 0.3) is 11.0 Å². The molecule has 5 rings (SSSR count). The molecule has 5 heterocycles. The summed E-state index contributed by atoms with van der Waals surface area (Å²) in [5.74, 6) is -2.71. The number of thioether (sulfide) groups is 1. The van der Waals surface area contributed by atoms with Crippen LogP contribution in [0, 0.1) is 5.41 Å². The third kappa shape index (κ3) is 5.36. The first-order valence-electron chi connectivity index (χ1n) is 12.4. The van der Waals surface area contributed by atoms with E-state index < -0.39 is 42.4 Å². The van der Waals surface area contributed by atoms with Crippen LogP contribution in [0.4, 0.5) is 18.9 Å². The van der Waals surface area contributed by atoms with Gasteiger partial charge in [-0.05, 0) is 36.6 Å². The van der Waals surface area contributed by atoms with Gasteiger partial charge in [-0.25, -0.2) is 9.97 Å². The number of hydrogen-bond acceptors (Lipinski definition) is 10. The van der Waals surface area contributed by atoms with E-state index in [0.717, 1.165) is 0 Å². The first kappa shape index (κ1) is 28.5. The number of amides is 2. The molecule has 2 amide bonds. The molecule has 16 heteroatoms. The number of aromatic nitrogens is 4. The first-order valence-corrected chi connectivity index (χ1v) is 13.4. The predicted octanol–water partition coefficient (Wildman–Crippen LogP) is 2.58. The third-order valence-corrected chi connectivity index (χ3v) is 8.30. The van der Waals surface area contributed by atoms with Crippen molar-refractivity contribution >= 4 is 46.3 Å². The normalized spacial score (nSPS) is 21.3. The van der Waals surface area contributed by atoms with Gasteiger partial charge in [0.25, 0.3) is 5.91 Å². The van der Waals surface area contributed by atoms with E-state index in [2.05, 4.69) is 25.5 Å². The van der Waals surface area contributed by atoms with Crippen molar-refractivity contribution in [3.8, 4) is 5.88 Å². The Labute approximate surface area is 234 Å². The molecule has 2 aliphatic heterocycles. The molecule has 3 aromatic heterocycles. The van der Waals surface area contributed by atoms with Crippen LogP contribution in [0.2, 0.25) is 0 Å². The number of anilines is 1. The van der Waals surface area contributed by atoms with E-state index in [9.17, 15) is 32.7 Å². The standard InChI is InChI=1S/C25H24F3N7O5S/c1-40-19-3-2-14-20(32-19)13(9-15(30-14)21(29)37)17-10-24(23(38)39,25(26,27)28)5-7-35(17)6-4-12-8-16-22(34-33-12)41-11-18(36)31-16/h2-3,8-9,17H,4-7,10-11H2,1H3,(H2,29,37)(H,31,36)(H,38,39). The highest BCUT2D eigenvalue weighted by Gasteiger charge is 2.63. The largest absolute Gasteiger partial charge is 0.481 e. The molecule has 3 aromatic rings. The number of carboxylic acid groups (broad SMARTS) is 1. The lowest BCUT2D eigenvalue weighted by molar-refractivity contribution is -0.246. The van der Waals surface area contributed by atoms with E-state index in [1.807, 2.05) is 0 Å². The molecule has 4 N–H and O–H groups in total. The molecule has 41 heavy (non-hydrogen) atoms. The van der Waals surface area contributed by atoms with E-state index in [1.54, 1.807) is 11.0 Å². The molecule has 0 bridgehead atoms. The van der Waals surface area contributed by atoms with Gasteiger partial charge in [0.05, 0.1) is 35.3 Å². The number of alkyl halides is 3. The Hall–Kier alpha value is -4.05. The maximum atomic E-state index is 14.4. The average molecular weight is 592 g/mol. The molecule has 2 atom stereocenters. The summed E-state index contributed by atoms with van der Waals surface area (Å²) < 4.78 is 48.3. The topological polar surface area (TPSA) is 174 Å². The molecule has 0 aromatic carbocycles. The number of likely N-dealkylation sites (tertiary alicyclic amines) is 1. The minimum absolute atomic E-state index is 0.152. The molecule has 1 fully saturated rings. The van der Waals surface area contributed by atoms with Gasteiger partial charge < -0.3 is 20.9 Å². The van der Waals surface area contributed by atoms with Crippen LogP contribution in [-0.2, 0) is 16.0 Å². The van der Waals surface area contributed by atoms with Crippen molar-refractivity contribution in [3.63, 3.8) is 0 Å². The Morgan fingerprint density at radius 3 is 2.73 bits per heavy atom. The monoisotopic (exact) mass is 591 g/mol. The maximum absolute atomic E-state index is 14.4. The number of hydrogen-bond donors (Lipinski definition) is 3. The fourth-order valence-electron chi connectivity index (χ4n) is 5.12. The maximum Gasteiger partial charge on any atom is 0.405 e. The zero-order valence-electron chi connectivity index (χ0n) is 21.6. The predicted molar refractivity (Wildman–Crippen MR) is 139 cm³/mol. The van der Waals surface area contributed by atoms with Gasteiger partial charge in [-0.15, -0.1) is 5.10 Å². The number of fused-ring (bicyclic) bond motifs is 2. The Balaban J connectivity index is 1.57. The number of nitrogens with zero attached hydrogens (tertiary/aromatic N) is 5. The summed E-state index contributed by atoms with van der Waals surface area (Å²) in [6.07, 6.45) is -6.35. The number of carbonyl (C=O) groups excluding carboxylic acids is 2. The lowest BCUT2D eigenvalue weighted by atomic mass is 9.72. The quantitative estimate of drug-likeness (QED) is 0.368. The number of nitrogens with one attached hydrogen (secondary N) is 1. The van der Waals surface area contributed by atoms with Crippen LogP contribution in [0.5, 0.6) is 5.88 Å². The molecule has 0 spiro atoms. The van der Waals surface area contributed by atoms with Crippen molar-refractivity contribution in [3.05, 3.63) is 41.2 Å². The van der Waals surface area contributed by atoms with Gasteiger partial charge in [-0.1, -0.05) is 11.8 Å². The smallest absolute Gasteiger partial charge is 0.405 e. The van der Waals surface area contributed by atoms with Crippen molar-refractivity contribution in [1.29, 1.82) is 0 Å². The van der Waals surface area contributed by atoms with Crippen molar-refractivity contribution < 1.29 is 37.4 Å². The number of primary amides is 1. The molecule has 0 radical (unpaired) electrons. The van der Waals surface area contributed by atoms with Gasteiger partial charge in [0.1, 0.15) is 10.7 Å². The van der Waals surface area contributed by atoms with Crippen molar-refractivity contribution in [1.82, 2.24) is 25.1 Å². The highest BCUT2D eigenvalue weighted by molar-refractivity contribution is 8.00. The van der Waals surface area contributed by atoms with Crippen LogP contribution < -0.4 is 15.8 Å². The van der Waals surface area contributed by atoms with Gasteiger partial charge >= 0.3 is 12.1 Å². The highest BCUT2D eigenvalue weighted by atomic mass is 32.2. The number of piperidine rings is 1. The molecule has 2 aliphatic rings. The van der Waals surface area contributed by atoms with E-state index in [0.29, 0.717) is 16.4 Å². The lowest BCUT2D eigenvalue weighted by Crippen LogP contribution is -2.54. The molecule has 216 valence electrons. The number of rotatable bonds is 7. The summed E-state index contributed by atoms with van der Waals surface area (Å²) in [5.41, 5.74) is 3.72. The SMILES string of the molecule is COc1ccc2nc(C(N)=O)cc(C3CC(C(=O)O)(C(F)(F)F)CCN3CCc3cc4c(nn3)SCC(=O)N4)c2n1. The van der Waals surface area contributed by atoms with Crippen molar-refractivity contribution in [2.24, 2.45) is 11.1 Å². The summed E-state index contributed by atoms with van der Waals surface area (Å²) >= 11 is 1.24. The number of carbonyl (C=O) groups is 3. The molecular weight excluding hydrogens is 567 g/mol. The fraction of sp³-hybridized carbons (Fsp3) is 0.400. The average Bonchev–Trinajstić information content (AvgIpc) is 2.94. The zero-order valence-corrected chi connectivity index (χ0v) is 22.4. The summed E-state index contributed by atoms with van der Waals surface area (Å²) in [4.78, 5) is 46.3. The van der Waals surface area contributed by atoms with Crippen LogP contribution in [0.1, 0.15) is 40.6 Å². The minimum atomic E-state index is -5.05. The molecule has 2 unspecified atom stereocenters. The van der Waals surface area contributed by atoms with Crippen LogP contribution in [0.15, 0.2) is 29.3 Å². The number of nitrogens with two attached hydrogens (primary N) is 1. The van der Waals surface area contributed by atoms with Gasteiger partial charge in [0.15, 0.2) is 5.41 Å². The third-order valence-electron chi connectivity index (χ3n) is 7.32. The van der Waals surface area contributed by atoms with Crippen LogP contribution in [-0.4, -0.2) is 80.1 Å². The molecule has 1 saturated heterocycles. The van der Waals surface area contributed by atoms with Crippen LogP contribution in [0.3, 0.4) is 0 Å². The summed E-state index contributed by atoms with van der Waals surface area (Å²) in [7, 11) is 1.37. The van der Waals surface area contributed by atoms with Crippen molar-refractivity contribution in [2.75, 3.05) is 31.3 Å². The number of pyridine rings is 2. The second-order valence-electron chi connectivity index (χ2n) is 9.71. The number of ether oxygens (including phenoxy) is 1. The number of aliphatic carboxylic acids is 1. The van der Waals surface area contributed by atoms with Crippen molar-refractivity contribution in [2.45, 2.75) is 36.5 Å². The van der Waals surface area contributed by atoms with Gasteiger partial charge in [0.2, 0.25) is 11.8 Å². The molecule has 0 saturated carbocycles. The number of halogens is 3. The van der Waals surface area contributed by atoms with E-state index in [-0.39, 0.29) is 59.3 Å². The number of carboxylic acids is 1. The fourth-order valence-corrected chi connectivity index (χ4v) is 5.83. The van der Waals surface area contributed by atoms with Gasteiger partial charge in [-0.3, -0.25) is 19.3 Å². The number of methoxy groups -OCH3 is 1. The Morgan fingerprint density at radius 1 is 1.27 bits per heavy atom. The summed E-state index contributed by atoms with van der Waals surface area (Å²) in [6, 6.07) is 4.74. The second-order valence-corrected chi connectivity index (χ2v) is 10.7. The van der Waals surface area contributed by atoms with Crippen LogP contribution >= 0.6 is 11.8 Å². The molecular formula is C25H24F3N7O5S. The molecule has 0 aliphatic carbocycles. The summed E-state index contributed by atoms with van der Waals surface area (Å²) in [5, 5.41) is 21.4. The van der Waals surface area contributed by atoms with E-state index in [1.165, 1.54) is 37.1 Å². The first-order chi connectivity index (χ1) is 19.4. The summed E-state index contributed by atoms with van der Waals surface area (Å²) in [6.45, 7) is -0.0758. The highest BCUT2D eigenvalue weighted by Crippen LogP contribution is 2.52. The second kappa shape index (κ2) is 10.7. The van der Waals surface area contributed by atoms with Gasteiger partial charge in [0, 0.05) is 31.6 Å². The van der Waals surface area contributed by atoms with E-state index in [4.69, 9.17) is 10.5 Å². The minimum Gasteiger partial charge on any atom is -0.481 e. The lowest BCUT2D eigenvalue weighted by Gasteiger charge is -2.45. The van der Waals surface area contributed by atoms with Gasteiger partial charge in [-0.2, -0.15) is 18.3 Å².